The van der Waals surface area contributed by atoms with Crippen molar-refractivity contribution in [1.82, 2.24) is 14.4 Å². The van der Waals surface area contributed by atoms with Gasteiger partial charge in [0.2, 0.25) is 10.0 Å². The molecule has 0 bridgehead atoms. The predicted octanol–water partition coefficient (Wildman–Crippen LogP) is 2.55. The zero-order valence-electron chi connectivity index (χ0n) is 16.9. The molecule has 164 valence electrons. The van der Waals surface area contributed by atoms with Gasteiger partial charge in [-0.3, -0.25) is 0 Å². The fraction of sp³-hybridized carbons (Fsp3) is 0.600. The molecule has 0 amide bonds. The van der Waals surface area contributed by atoms with Crippen LogP contribution in [0.1, 0.15) is 37.4 Å². The summed E-state index contributed by atoms with van der Waals surface area (Å²) in [6.07, 6.45) is 3.71. The Hall–Kier alpha value is -1.88. The fourth-order valence-electron chi connectivity index (χ4n) is 4.35. The van der Waals surface area contributed by atoms with Gasteiger partial charge in [0, 0.05) is 33.2 Å². The van der Waals surface area contributed by atoms with E-state index in [2.05, 4.69) is 10.1 Å². The van der Waals surface area contributed by atoms with Gasteiger partial charge >= 0.3 is 0 Å². The van der Waals surface area contributed by atoms with E-state index in [4.69, 9.17) is 14.0 Å². The molecule has 0 aliphatic carbocycles. The average molecular weight is 440 g/mol. The summed E-state index contributed by atoms with van der Waals surface area (Å²) < 4.78 is 56.6. The summed E-state index contributed by atoms with van der Waals surface area (Å²) in [5.41, 5.74) is -0.323. The molecule has 1 aromatic heterocycles. The number of aromatic nitrogens is 2. The van der Waals surface area contributed by atoms with Gasteiger partial charge in [0.25, 0.3) is 5.89 Å². The summed E-state index contributed by atoms with van der Waals surface area (Å²) in [5, 5.41) is 4.03. The van der Waals surface area contributed by atoms with Crippen LogP contribution in [0.5, 0.6) is 0 Å². The molecule has 3 heterocycles. The monoisotopic (exact) mass is 439 g/mol. The average Bonchev–Trinajstić information content (AvgIpc) is 3.16. The molecule has 0 saturated carbocycles. The second-order valence-electron chi connectivity index (χ2n) is 7.99. The molecule has 2 aliphatic rings. The standard InChI is InChI=1S/C20H26FN3O5S/c1-27-14-19-22-18(23-29-19)12-15-6-11-28-20(13-15)7-9-24(10-8-20)30(25,26)17-4-2-16(21)3-5-17/h2-5,15H,6-14H2,1H3. The lowest BCUT2D eigenvalue weighted by Gasteiger charge is -2.45. The highest BCUT2D eigenvalue weighted by molar-refractivity contribution is 7.89. The number of hydrogen-bond donors (Lipinski definition) is 0. The third kappa shape index (κ3) is 4.56. The van der Waals surface area contributed by atoms with Crippen LogP contribution in [0.4, 0.5) is 4.39 Å². The number of rotatable bonds is 6. The zero-order chi connectivity index (χ0) is 21.2. The number of hydrogen-bond acceptors (Lipinski definition) is 7. The van der Waals surface area contributed by atoms with Crippen molar-refractivity contribution in [2.24, 2.45) is 5.92 Å². The number of piperidine rings is 1. The SMILES string of the molecule is COCc1nc(CC2CCOC3(CCN(S(=O)(=O)c4ccc(F)cc4)CC3)C2)no1. The first-order chi connectivity index (χ1) is 14.4. The Kier molecular flexibility index (Phi) is 6.19. The Morgan fingerprint density at radius 3 is 2.70 bits per heavy atom. The quantitative estimate of drug-likeness (QED) is 0.683. The topological polar surface area (TPSA) is 94.8 Å². The Morgan fingerprint density at radius 2 is 2.00 bits per heavy atom. The highest BCUT2D eigenvalue weighted by Gasteiger charge is 2.43. The van der Waals surface area contributed by atoms with E-state index in [9.17, 15) is 12.8 Å². The summed E-state index contributed by atoms with van der Waals surface area (Å²) in [4.78, 5) is 4.47. The minimum absolute atomic E-state index is 0.117. The van der Waals surface area contributed by atoms with Crippen LogP contribution in [-0.2, 0) is 32.5 Å². The summed E-state index contributed by atoms with van der Waals surface area (Å²) >= 11 is 0. The van der Waals surface area contributed by atoms with Gasteiger partial charge < -0.3 is 14.0 Å². The van der Waals surface area contributed by atoms with Gasteiger partial charge in [0.15, 0.2) is 5.82 Å². The first-order valence-electron chi connectivity index (χ1n) is 10.1. The van der Waals surface area contributed by atoms with Gasteiger partial charge in [0.1, 0.15) is 12.4 Å². The van der Waals surface area contributed by atoms with Crippen LogP contribution < -0.4 is 0 Å². The molecule has 1 atom stereocenters. The number of methoxy groups -OCH3 is 1. The third-order valence-electron chi connectivity index (χ3n) is 5.93. The Morgan fingerprint density at radius 1 is 1.27 bits per heavy atom. The summed E-state index contributed by atoms with van der Waals surface area (Å²) in [6.45, 7) is 1.69. The van der Waals surface area contributed by atoms with Gasteiger partial charge in [-0.15, -0.1) is 0 Å². The van der Waals surface area contributed by atoms with Crippen LogP contribution in [-0.4, -0.2) is 55.3 Å². The lowest BCUT2D eigenvalue weighted by atomic mass is 9.78. The largest absolute Gasteiger partial charge is 0.375 e. The molecule has 1 unspecified atom stereocenters. The van der Waals surface area contributed by atoms with Crippen molar-refractivity contribution in [3.63, 3.8) is 0 Å². The van der Waals surface area contributed by atoms with E-state index in [0.717, 1.165) is 12.8 Å². The van der Waals surface area contributed by atoms with Crippen molar-refractivity contribution in [1.29, 1.82) is 0 Å². The second kappa shape index (κ2) is 8.70. The second-order valence-corrected chi connectivity index (χ2v) is 9.93. The van der Waals surface area contributed by atoms with E-state index < -0.39 is 15.8 Å². The smallest absolute Gasteiger partial charge is 0.252 e. The van der Waals surface area contributed by atoms with Crippen LogP contribution in [0.25, 0.3) is 0 Å². The highest BCUT2D eigenvalue weighted by Crippen LogP contribution is 2.39. The van der Waals surface area contributed by atoms with Crippen molar-refractivity contribution in [2.45, 2.75) is 49.2 Å². The van der Waals surface area contributed by atoms with Crippen molar-refractivity contribution in [2.75, 3.05) is 26.8 Å². The molecule has 1 spiro atoms. The normalized spacial score (nSPS) is 22.4. The van der Waals surface area contributed by atoms with E-state index in [1.807, 2.05) is 0 Å². The third-order valence-corrected chi connectivity index (χ3v) is 7.84. The van der Waals surface area contributed by atoms with E-state index in [1.54, 1.807) is 7.11 Å². The minimum atomic E-state index is -3.63. The number of halogens is 1. The number of nitrogens with zero attached hydrogens (tertiary/aromatic N) is 3. The molecule has 2 aromatic rings. The van der Waals surface area contributed by atoms with E-state index in [1.165, 1.54) is 28.6 Å². The van der Waals surface area contributed by atoms with Gasteiger partial charge in [0.05, 0.1) is 10.5 Å². The van der Waals surface area contributed by atoms with Crippen molar-refractivity contribution in [3.05, 3.63) is 41.8 Å². The van der Waals surface area contributed by atoms with Gasteiger partial charge in [-0.1, -0.05) is 5.16 Å². The Balaban J connectivity index is 1.37. The molecule has 10 heteroatoms. The molecule has 2 aliphatic heterocycles. The molecule has 4 rings (SSSR count). The van der Waals surface area contributed by atoms with Crippen LogP contribution in [0, 0.1) is 11.7 Å². The molecule has 1 aromatic carbocycles. The highest BCUT2D eigenvalue weighted by atomic mass is 32.2. The molecular weight excluding hydrogens is 413 g/mol. The maximum Gasteiger partial charge on any atom is 0.252 e. The number of benzene rings is 1. The first kappa shape index (κ1) is 21.4. The molecule has 30 heavy (non-hydrogen) atoms. The van der Waals surface area contributed by atoms with Crippen molar-refractivity contribution >= 4 is 10.0 Å². The lowest BCUT2D eigenvalue weighted by Crippen LogP contribution is -2.50. The summed E-state index contributed by atoms with van der Waals surface area (Å²) in [5.74, 6) is 1.03. The van der Waals surface area contributed by atoms with Crippen LogP contribution >= 0.6 is 0 Å². The van der Waals surface area contributed by atoms with E-state index in [0.29, 0.717) is 63.2 Å². The van der Waals surface area contributed by atoms with Crippen molar-refractivity contribution in [3.8, 4) is 0 Å². The van der Waals surface area contributed by atoms with Crippen molar-refractivity contribution < 1.29 is 26.8 Å². The minimum Gasteiger partial charge on any atom is -0.375 e. The fourth-order valence-corrected chi connectivity index (χ4v) is 5.80. The molecule has 2 fully saturated rings. The Bertz CT molecular complexity index is 955. The molecule has 0 radical (unpaired) electrons. The molecular formula is C20H26FN3O5S. The molecule has 8 nitrogen and oxygen atoms in total. The molecule has 2 saturated heterocycles. The summed E-state index contributed by atoms with van der Waals surface area (Å²) in [7, 11) is -2.05. The summed E-state index contributed by atoms with van der Waals surface area (Å²) in [6, 6.07) is 4.96. The lowest BCUT2D eigenvalue weighted by molar-refractivity contribution is -0.120. The van der Waals surface area contributed by atoms with Crippen LogP contribution in [0.15, 0.2) is 33.7 Å². The maximum atomic E-state index is 13.1. The van der Waals surface area contributed by atoms with Crippen LogP contribution in [0.2, 0.25) is 0 Å². The van der Waals surface area contributed by atoms with Gasteiger partial charge in [-0.25, -0.2) is 12.8 Å². The zero-order valence-corrected chi connectivity index (χ0v) is 17.7. The molecule has 0 N–H and O–H groups in total. The van der Waals surface area contributed by atoms with Crippen LogP contribution in [0.3, 0.4) is 0 Å². The Labute approximate surface area is 175 Å². The number of ether oxygens (including phenoxy) is 2. The predicted molar refractivity (Wildman–Crippen MR) is 105 cm³/mol. The maximum absolute atomic E-state index is 13.1. The van der Waals surface area contributed by atoms with Gasteiger partial charge in [-0.2, -0.15) is 9.29 Å². The van der Waals surface area contributed by atoms with E-state index in [-0.39, 0.29) is 10.5 Å². The van der Waals surface area contributed by atoms with E-state index >= 15 is 0 Å². The number of sulfonamides is 1. The first-order valence-corrected chi connectivity index (χ1v) is 11.5. The van der Waals surface area contributed by atoms with Gasteiger partial charge in [-0.05, 0) is 55.9 Å².